The van der Waals surface area contributed by atoms with Gasteiger partial charge < -0.3 is 0 Å². The average molecular weight is 188 g/mol. The molecule has 0 unspecified atom stereocenters. The molecular weight excluding hydrogens is 168 g/mol. The highest BCUT2D eigenvalue weighted by atomic mass is 14.3. The number of fused-ring (bicyclic) bond motifs is 1. The first-order chi connectivity index (χ1) is 6.83. The third kappa shape index (κ3) is 1.70. The minimum atomic E-state index is 0.790. The smallest absolute Gasteiger partial charge is 0.0156 e. The van der Waals surface area contributed by atoms with E-state index in [2.05, 4.69) is 38.1 Å². The minimum Gasteiger partial charge on any atom is -0.0654 e. The van der Waals surface area contributed by atoms with Crippen molar-refractivity contribution in [1.82, 2.24) is 0 Å². The Morgan fingerprint density at radius 3 is 2.79 bits per heavy atom. The van der Waals surface area contributed by atoms with Crippen molar-refractivity contribution in [2.24, 2.45) is 5.92 Å². The van der Waals surface area contributed by atoms with Crippen LogP contribution in [0.15, 0.2) is 24.3 Å². The molecule has 76 valence electrons. The number of benzene rings is 1. The van der Waals surface area contributed by atoms with Crippen LogP contribution in [0.3, 0.4) is 0 Å². The first-order valence-electron chi connectivity index (χ1n) is 5.90. The molecule has 2 atom stereocenters. The Balaban J connectivity index is 2.09. The van der Waals surface area contributed by atoms with E-state index < -0.39 is 0 Å². The number of hydrogen-bond acceptors (Lipinski definition) is 0. The van der Waals surface area contributed by atoms with Gasteiger partial charge in [0.2, 0.25) is 0 Å². The van der Waals surface area contributed by atoms with Gasteiger partial charge in [0.1, 0.15) is 0 Å². The second kappa shape index (κ2) is 4.16. The molecule has 2 rings (SSSR count). The molecule has 0 radical (unpaired) electrons. The van der Waals surface area contributed by atoms with Gasteiger partial charge in [0.15, 0.2) is 0 Å². The summed E-state index contributed by atoms with van der Waals surface area (Å²) in [7, 11) is 0. The quantitative estimate of drug-likeness (QED) is 0.668. The molecule has 1 aliphatic rings. The largest absolute Gasteiger partial charge is 0.0654 e. The number of rotatable bonds is 3. The van der Waals surface area contributed by atoms with Gasteiger partial charge >= 0.3 is 0 Å². The number of unbranched alkanes of at least 4 members (excludes halogenated alkanes) is 1. The van der Waals surface area contributed by atoms with Crippen LogP contribution in [0.5, 0.6) is 0 Å². The molecule has 0 amide bonds. The highest BCUT2D eigenvalue weighted by molar-refractivity contribution is 5.35. The second-order valence-electron chi connectivity index (χ2n) is 4.59. The van der Waals surface area contributed by atoms with Crippen molar-refractivity contribution < 1.29 is 0 Å². The predicted molar refractivity (Wildman–Crippen MR) is 61.6 cm³/mol. The summed E-state index contributed by atoms with van der Waals surface area (Å²) in [6.45, 7) is 4.68. The topological polar surface area (TPSA) is 0 Å². The lowest BCUT2D eigenvalue weighted by atomic mass is 9.90. The zero-order valence-electron chi connectivity index (χ0n) is 9.29. The first kappa shape index (κ1) is 9.76. The maximum absolute atomic E-state index is 2.40. The molecule has 14 heavy (non-hydrogen) atoms. The van der Waals surface area contributed by atoms with Gasteiger partial charge in [0.25, 0.3) is 0 Å². The van der Waals surface area contributed by atoms with Crippen LogP contribution in [0.25, 0.3) is 0 Å². The third-order valence-electron chi connectivity index (χ3n) is 3.66. The fourth-order valence-corrected chi connectivity index (χ4v) is 2.70. The summed E-state index contributed by atoms with van der Waals surface area (Å²) in [6.07, 6.45) is 5.45. The van der Waals surface area contributed by atoms with Crippen LogP contribution >= 0.6 is 0 Å². The molecule has 0 fully saturated rings. The van der Waals surface area contributed by atoms with Gasteiger partial charge in [0.05, 0.1) is 0 Å². The van der Waals surface area contributed by atoms with E-state index in [4.69, 9.17) is 0 Å². The standard InChI is InChI=1S/C14H20/c1-3-4-7-12-10-13-8-5-6-9-14(13)11(12)2/h5-6,8-9,11-12H,3-4,7,10H2,1-2H3/t11-,12-/m0/s1. The van der Waals surface area contributed by atoms with Crippen LogP contribution in [-0.4, -0.2) is 0 Å². The summed E-state index contributed by atoms with van der Waals surface area (Å²) < 4.78 is 0. The van der Waals surface area contributed by atoms with Crippen molar-refractivity contribution in [2.75, 3.05) is 0 Å². The molecule has 0 heterocycles. The molecule has 0 saturated heterocycles. The molecule has 0 saturated carbocycles. The lowest BCUT2D eigenvalue weighted by Gasteiger charge is -2.14. The van der Waals surface area contributed by atoms with Gasteiger partial charge in [-0.3, -0.25) is 0 Å². The molecule has 0 nitrogen and oxygen atoms in total. The van der Waals surface area contributed by atoms with Crippen LogP contribution in [0.4, 0.5) is 0 Å². The van der Waals surface area contributed by atoms with Crippen molar-refractivity contribution in [1.29, 1.82) is 0 Å². The van der Waals surface area contributed by atoms with E-state index in [0.717, 1.165) is 11.8 Å². The summed E-state index contributed by atoms with van der Waals surface area (Å²) in [5.41, 5.74) is 3.20. The van der Waals surface area contributed by atoms with Crippen molar-refractivity contribution in [3.63, 3.8) is 0 Å². The van der Waals surface area contributed by atoms with Crippen LogP contribution < -0.4 is 0 Å². The molecule has 1 aromatic rings. The van der Waals surface area contributed by atoms with Crippen molar-refractivity contribution in [2.45, 2.75) is 45.4 Å². The van der Waals surface area contributed by atoms with Gasteiger partial charge in [-0.05, 0) is 35.8 Å². The summed E-state index contributed by atoms with van der Waals surface area (Å²) in [6, 6.07) is 8.97. The molecule has 0 spiro atoms. The van der Waals surface area contributed by atoms with Crippen molar-refractivity contribution in [3.05, 3.63) is 35.4 Å². The monoisotopic (exact) mass is 188 g/mol. The zero-order valence-corrected chi connectivity index (χ0v) is 9.29. The highest BCUT2D eigenvalue weighted by Crippen LogP contribution is 2.39. The minimum absolute atomic E-state index is 0.790. The van der Waals surface area contributed by atoms with E-state index >= 15 is 0 Å². The molecule has 0 aromatic heterocycles. The molecule has 0 heteroatoms. The van der Waals surface area contributed by atoms with Crippen LogP contribution in [0.2, 0.25) is 0 Å². The molecule has 0 aliphatic heterocycles. The normalized spacial score (nSPS) is 25.0. The highest BCUT2D eigenvalue weighted by Gasteiger charge is 2.27. The Morgan fingerprint density at radius 1 is 1.29 bits per heavy atom. The van der Waals surface area contributed by atoms with E-state index in [-0.39, 0.29) is 0 Å². The Bertz CT molecular complexity index is 301. The van der Waals surface area contributed by atoms with Crippen molar-refractivity contribution >= 4 is 0 Å². The molecular formula is C14H20. The summed E-state index contributed by atoms with van der Waals surface area (Å²) >= 11 is 0. The van der Waals surface area contributed by atoms with Gasteiger partial charge in [-0.2, -0.15) is 0 Å². The van der Waals surface area contributed by atoms with Gasteiger partial charge in [0, 0.05) is 0 Å². The Kier molecular flexibility index (Phi) is 2.90. The molecule has 0 N–H and O–H groups in total. The maximum atomic E-state index is 2.40. The van der Waals surface area contributed by atoms with E-state index in [1.807, 2.05) is 0 Å². The Labute approximate surface area is 87.3 Å². The lowest BCUT2D eigenvalue weighted by Crippen LogP contribution is -2.03. The van der Waals surface area contributed by atoms with E-state index in [9.17, 15) is 0 Å². The fraction of sp³-hybridized carbons (Fsp3) is 0.571. The van der Waals surface area contributed by atoms with Gasteiger partial charge in [-0.15, -0.1) is 0 Å². The first-order valence-corrected chi connectivity index (χ1v) is 5.90. The second-order valence-corrected chi connectivity index (χ2v) is 4.59. The van der Waals surface area contributed by atoms with Crippen LogP contribution in [-0.2, 0) is 6.42 Å². The average Bonchev–Trinajstić information content (AvgIpc) is 2.54. The summed E-state index contributed by atoms with van der Waals surface area (Å²) in [4.78, 5) is 0. The van der Waals surface area contributed by atoms with Crippen molar-refractivity contribution in [3.8, 4) is 0 Å². The summed E-state index contributed by atoms with van der Waals surface area (Å²) in [5.74, 6) is 1.70. The van der Waals surface area contributed by atoms with E-state index in [1.165, 1.54) is 25.7 Å². The van der Waals surface area contributed by atoms with Gasteiger partial charge in [-0.1, -0.05) is 51.0 Å². The summed E-state index contributed by atoms with van der Waals surface area (Å²) in [5, 5.41) is 0. The van der Waals surface area contributed by atoms with Crippen LogP contribution in [0.1, 0.15) is 50.2 Å². The third-order valence-corrected chi connectivity index (χ3v) is 3.66. The van der Waals surface area contributed by atoms with Gasteiger partial charge in [-0.25, -0.2) is 0 Å². The molecule has 0 bridgehead atoms. The molecule has 1 aromatic carbocycles. The zero-order chi connectivity index (χ0) is 9.97. The maximum Gasteiger partial charge on any atom is -0.0156 e. The Morgan fingerprint density at radius 2 is 2.07 bits per heavy atom. The Hall–Kier alpha value is -0.780. The van der Waals surface area contributed by atoms with Crippen LogP contribution in [0, 0.1) is 5.92 Å². The number of hydrogen-bond donors (Lipinski definition) is 0. The van der Waals surface area contributed by atoms with E-state index in [0.29, 0.717) is 0 Å². The molecule has 1 aliphatic carbocycles. The predicted octanol–water partition coefficient (Wildman–Crippen LogP) is 4.15. The van der Waals surface area contributed by atoms with E-state index in [1.54, 1.807) is 11.1 Å². The lowest BCUT2D eigenvalue weighted by molar-refractivity contribution is 0.431. The SMILES string of the molecule is CCCC[C@H]1Cc2ccccc2[C@H]1C. The fourth-order valence-electron chi connectivity index (χ4n) is 2.70.